The fourth-order valence-corrected chi connectivity index (χ4v) is 3.34. The molecule has 162 valence electrons. The Labute approximate surface area is 184 Å². The van der Waals surface area contributed by atoms with Crippen LogP contribution in [0, 0.1) is 5.82 Å². The van der Waals surface area contributed by atoms with Gasteiger partial charge in [0, 0.05) is 23.4 Å². The number of halogens is 1. The van der Waals surface area contributed by atoms with E-state index in [-0.39, 0.29) is 23.0 Å². The molecule has 1 N–H and O–H groups in total. The van der Waals surface area contributed by atoms with E-state index in [4.69, 9.17) is 9.47 Å². The molecular weight excluding hydrogens is 413 g/mol. The Morgan fingerprint density at radius 2 is 1.59 bits per heavy atom. The van der Waals surface area contributed by atoms with E-state index in [9.17, 15) is 18.8 Å². The molecule has 1 amide bonds. The third kappa shape index (κ3) is 5.07. The Hall–Kier alpha value is -3.84. The number of ketones is 1. The molecule has 0 radical (unpaired) electrons. The number of nitrogens with one attached hydrogen (secondary N) is 1. The number of hydrogen-bond donors (Lipinski definition) is 1. The zero-order chi connectivity index (χ0) is 22.5. The topological polar surface area (TPSA) is 81.7 Å². The molecule has 1 atom stereocenters. The van der Waals surface area contributed by atoms with Crippen molar-refractivity contribution >= 4 is 23.3 Å². The van der Waals surface area contributed by atoms with E-state index in [1.807, 2.05) is 0 Å². The minimum atomic E-state index is -0.601. The molecule has 0 unspecified atom stereocenters. The number of anilines is 1. The van der Waals surface area contributed by atoms with E-state index in [0.717, 1.165) is 6.42 Å². The van der Waals surface area contributed by atoms with E-state index in [2.05, 4.69) is 5.32 Å². The summed E-state index contributed by atoms with van der Waals surface area (Å²) in [6.45, 7) is 0.568. The van der Waals surface area contributed by atoms with Crippen LogP contribution in [0.4, 0.5) is 10.1 Å². The molecule has 1 fully saturated rings. The van der Waals surface area contributed by atoms with Crippen molar-refractivity contribution in [2.24, 2.45) is 0 Å². The molecule has 0 spiro atoms. The number of amides is 1. The van der Waals surface area contributed by atoms with Crippen molar-refractivity contribution in [3.8, 4) is 5.75 Å². The SMILES string of the molecule is O=C(Oc1ccc(C(=O)c2ccc(F)cc2)cc1)c1cccc(NC(=O)[C@@H]2CCCO2)c1. The summed E-state index contributed by atoms with van der Waals surface area (Å²) in [6, 6.07) is 17.8. The first-order chi connectivity index (χ1) is 15.5. The van der Waals surface area contributed by atoms with Crippen molar-refractivity contribution in [3.63, 3.8) is 0 Å². The van der Waals surface area contributed by atoms with Gasteiger partial charge in [0.25, 0.3) is 5.91 Å². The lowest BCUT2D eigenvalue weighted by Crippen LogP contribution is -2.26. The highest BCUT2D eigenvalue weighted by molar-refractivity contribution is 6.09. The molecule has 32 heavy (non-hydrogen) atoms. The number of carbonyl (C=O) groups is 3. The maximum absolute atomic E-state index is 13.0. The Morgan fingerprint density at radius 1 is 0.906 bits per heavy atom. The molecule has 3 aromatic carbocycles. The molecule has 7 heteroatoms. The predicted molar refractivity (Wildman–Crippen MR) is 115 cm³/mol. The highest BCUT2D eigenvalue weighted by Crippen LogP contribution is 2.20. The minimum absolute atomic E-state index is 0.241. The Balaban J connectivity index is 1.40. The largest absolute Gasteiger partial charge is 0.423 e. The summed E-state index contributed by atoms with van der Waals surface area (Å²) in [4.78, 5) is 37.2. The summed E-state index contributed by atoms with van der Waals surface area (Å²) in [5.74, 6) is -1.26. The van der Waals surface area contributed by atoms with E-state index in [0.29, 0.717) is 29.8 Å². The van der Waals surface area contributed by atoms with Gasteiger partial charge in [-0.05, 0) is 79.6 Å². The van der Waals surface area contributed by atoms with Crippen LogP contribution in [0.1, 0.15) is 39.1 Å². The lowest BCUT2D eigenvalue weighted by atomic mass is 10.0. The summed E-state index contributed by atoms with van der Waals surface area (Å²) in [6.07, 6.45) is 1.05. The summed E-state index contributed by atoms with van der Waals surface area (Å²) in [5, 5.41) is 2.75. The van der Waals surface area contributed by atoms with Gasteiger partial charge in [-0.2, -0.15) is 0 Å². The van der Waals surface area contributed by atoms with Gasteiger partial charge in [-0.15, -0.1) is 0 Å². The Kier molecular flexibility index (Phi) is 6.37. The summed E-state index contributed by atoms with van der Waals surface area (Å²) in [7, 11) is 0. The van der Waals surface area contributed by atoms with Gasteiger partial charge >= 0.3 is 5.97 Å². The summed E-state index contributed by atoms with van der Waals surface area (Å²) in [5.41, 5.74) is 1.48. The zero-order valence-electron chi connectivity index (χ0n) is 17.0. The van der Waals surface area contributed by atoms with Crippen molar-refractivity contribution in [2.75, 3.05) is 11.9 Å². The van der Waals surface area contributed by atoms with Gasteiger partial charge in [0.05, 0.1) is 5.56 Å². The molecule has 0 aromatic heterocycles. The molecule has 4 rings (SSSR count). The van der Waals surface area contributed by atoms with Crippen LogP contribution in [0.15, 0.2) is 72.8 Å². The molecule has 1 aliphatic heterocycles. The number of benzene rings is 3. The fraction of sp³-hybridized carbons (Fsp3) is 0.160. The molecule has 1 saturated heterocycles. The van der Waals surface area contributed by atoms with Crippen LogP contribution in [0.2, 0.25) is 0 Å². The van der Waals surface area contributed by atoms with Crippen LogP contribution in [0.25, 0.3) is 0 Å². The van der Waals surface area contributed by atoms with Gasteiger partial charge in [-0.1, -0.05) is 6.07 Å². The maximum Gasteiger partial charge on any atom is 0.343 e. The number of esters is 1. The van der Waals surface area contributed by atoms with Gasteiger partial charge in [0.2, 0.25) is 0 Å². The average molecular weight is 433 g/mol. The van der Waals surface area contributed by atoms with E-state index in [1.54, 1.807) is 18.2 Å². The van der Waals surface area contributed by atoms with Gasteiger partial charge in [0.15, 0.2) is 5.78 Å². The second-order valence-corrected chi connectivity index (χ2v) is 7.32. The second kappa shape index (κ2) is 9.53. The summed E-state index contributed by atoms with van der Waals surface area (Å²) >= 11 is 0. The van der Waals surface area contributed by atoms with Gasteiger partial charge in [-0.3, -0.25) is 9.59 Å². The van der Waals surface area contributed by atoms with E-state index < -0.39 is 17.9 Å². The molecular formula is C25H20FNO5. The molecule has 0 bridgehead atoms. The van der Waals surface area contributed by atoms with Gasteiger partial charge in [0.1, 0.15) is 17.7 Å². The second-order valence-electron chi connectivity index (χ2n) is 7.32. The van der Waals surface area contributed by atoms with E-state index in [1.165, 1.54) is 54.6 Å². The van der Waals surface area contributed by atoms with Crippen molar-refractivity contribution in [1.82, 2.24) is 0 Å². The quantitative estimate of drug-likeness (QED) is 0.354. The van der Waals surface area contributed by atoms with Crippen LogP contribution in [-0.4, -0.2) is 30.4 Å². The lowest BCUT2D eigenvalue weighted by molar-refractivity contribution is -0.124. The first kappa shape index (κ1) is 21.4. The lowest BCUT2D eigenvalue weighted by Gasteiger charge is -2.11. The van der Waals surface area contributed by atoms with Gasteiger partial charge < -0.3 is 14.8 Å². The van der Waals surface area contributed by atoms with Crippen LogP contribution in [-0.2, 0) is 9.53 Å². The fourth-order valence-electron chi connectivity index (χ4n) is 3.34. The number of ether oxygens (including phenoxy) is 2. The van der Waals surface area contributed by atoms with Crippen LogP contribution in [0.5, 0.6) is 5.75 Å². The van der Waals surface area contributed by atoms with Crippen molar-refractivity contribution in [1.29, 1.82) is 0 Å². The normalized spacial score (nSPS) is 15.2. The Bertz CT molecular complexity index is 1140. The summed E-state index contributed by atoms with van der Waals surface area (Å²) < 4.78 is 23.8. The highest BCUT2D eigenvalue weighted by Gasteiger charge is 2.23. The maximum atomic E-state index is 13.0. The third-order valence-electron chi connectivity index (χ3n) is 5.02. The van der Waals surface area contributed by atoms with E-state index >= 15 is 0 Å². The predicted octanol–water partition coefficient (Wildman–Crippen LogP) is 4.39. The van der Waals surface area contributed by atoms with Crippen molar-refractivity contribution in [2.45, 2.75) is 18.9 Å². The minimum Gasteiger partial charge on any atom is -0.423 e. The number of rotatable bonds is 6. The average Bonchev–Trinajstić information content (AvgIpc) is 3.35. The standard InChI is InChI=1S/C25H20FNO5/c26-19-10-6-16(7-11-19)23(28)17-8-12-21(13-9-17)32-25(30)18-3-1-4-20(15-18)27-24(29)22-5-2-14-31-22/h1,3-4,6-13,15,22H,2,5,14H2,(H,27,29)/t22-/m0/s1. The molecule has 0 aliphatic carbocycles. The van der Waals surface area contributed by atoms with Crippen LogP contribution >= 0.6 is 0 Å². The van der Waals surface area contributed by atoms with Crippen LogP contribution in [0.3, 0.4) is 0 Å². The molecule has 0 saturated carbocycles. The number of carbonyl (C=O) groups excluding carboxylic acids is 3. The Morgan fingerprint density at radius 3 is 2.25 bits per heavy atom. The zero-order valence-corrected chi connectivity index (χ0v) is 17.0. The molecule has 1 heterocycles. The van der Waals surface area contributed by atoms with Gasteiger partial charge in [-0.25, -0.2) is 9.18 Å². The molecule has 1 aliphatic rings. The first-order valence-electron chi connectivity index (χ1n) is 10.1. The smallest absolute Gasteiger partial charge is 0.343 e. The molecule has 3 aromatic rings. The van der Waals surface area contributed by atoms with Crippen molar-refractivity contribution in [3.05, 3.63) is 95.3 Å². The highest BCUT2D eigenvalue weighted by atomic mass is 19.1. The van der Waals surface area contributed by atoms with Crippen molar-refractivity contribution < 1.29 is 28.2 Å². The first-order valence-corrected chi connectivity index (χ1v) is 10.1. The monoisotopic (exact) mass is 433 g/mol. The number of hydrogen-bond acceptors (Lipinski definition) is 5. The third-order valence-corrected chi connectivity index (χ3v) is 5.02. The molecule has 6 nitrogen and oxygen atoms in total. The van der Waals surface area contributed by atoms with Crippen LogP contribution < -0.4 is 10.1 Å².